The number of aromatic amines is 1. The lowest BCUT2D eigenvalue weighted by Gasteiger charge is -2.21. The van der Waals surface area contributed by atoms with Crippen molar-refractivity contribution in [1.29, 1.82) is 0 Å². The first-order chi connectivity index (χ1) is 11.4. The summed E-state index contributed by atoms with van der Waals surface area (Å²) >= 11 is 0. The molecule has 0 aliphatic rings. The predicted molar refractivity (Wildman–Crippen MR) is 88.0 cm³/mol. The minimum absolute atomic E-state index is 0.0229. The highest BCUT2D eigenvalue weighted by Crippen LogP contribution is 2.24. The molecule has 0 saturated heterocycles. The topological polar surface area (TPSA) is 78.3 Å². The maximum absolute atomic E-state index is 13.5. The summed E-state index contributed by atoms with van der Waals surface area (Å²) in [6.07, 6.45) is 1.57. The van der Waals surface area contributed by atoms with Crippen molar-refractivity contribution in [2.75, 3.05) is 6.54 Å². The number of furan rings is 1. The van der Waals surface area contributed by atoms with Crippen LogP contribution in [-0.2, 0) is 16.8 Å². The summed E-state index contributed by atoms with van der Waals surface area (Å²) in [6, 6.07) is 7.78. The molecule has 3 aromatic rings. The summed E-state index contributed by atoms with van der Waals surface area (Å²) in [5.74, 6) is -0.216. The van der Waals surface area contributed by atoms with Crippen molar-refractivity contribution in [2.45, 2.75) is 25.9 Å². The molecule has 126 valence electrons. The lowest BCUT2D eigenvalue weighted by atomic mass is 10.0. The van der Waals surface area contributed by atoms with Crippen LogP contribution in [0.25, 0.3) is 10.9 Å². The van der Waals surface area contributed by atoms with E-state index < -0.39 is 5.60 Å². The second kappa shape index (κ2) is 6.13. The smallest absolute Gasteiger partial charge is 0.224 e. The summed E-state index contributed by atoms with van der Waals surface area (Å²) in [5, 5.41) is 13.7. The van der Waals surface area contributed by atoms with Gasteiger partial charge in [0.1, 0.15) is 17.2 Å². The van der Waals surface area contributed by atoms with E-state index in [0.717, 1.165) is 16.8 Å². The van der Waals surface area contributed by atoms with Gasteiger partial charge < -0.3 is 19.8 Å². The van der Waals surface area contributed by atoms with Crippen LogP contribution in [0.5, 0.6) is 0 Å². The third-order valence-corrected chi connectivity index (χ3v) is 4.10. The van der Waals surface area contributed by atoms with Crippen molar-refractivity contribution in [2.24, 2.45) is 0 Å². The molecule has 0 spiro atoms. The number of amides is 1. The Morgan fingerprint density at radius 2 is 2.21 bits per heavy atom. The molecule has 1 amide bonds. The SMILES string of the molecule is Cc1[nH]c2ccc(F)cc2c1CC(=O)NCC(C)(O)c1ccco1. The van der Waals surface area contributed by atoms with Crippen LogP contribution >= 0.6 is 0 Å². The van der Waals surface area contributed by atoms with E-state index in [1.807, 2.05) is 6.92 Å². The van der Waals surface area contributed by atoms with Gasteiger partial charge in [-0.05, 0) is 49.7 Å². The Morgan fingerprint density at radius 1 is 1.42 bits per heavy atom. The Balaban J connectivity index is 1.71. The van der Waals surface area contributed by atoms with E-state index in [1.165, 1.54) is 18.4 Å². The molecule has 6 heteroatoms. The minimum atomic E-state index is -1.29. The molecule has 24 heavy (non-hydrogen) atoms. The van der Waals surface area contributed by atoms with Gasteiger partial charge in [-0.3, -0.25) is 4.79 Å². The predicted octanol–water partition coefficient (Wildman–Crippen LogP) is 2.77. The van der Waals surface area contributed by atoms with E-state index in [9.17, 15) is 14.3 Å². The van der Waals surface area contributed by atoms with E-state index in [4.69, 9.17) is 4.42 Å². The number of carbonyl (C=O) groups excluding carboxylic acids is 1. The minimum Gasteiger partial charge on any atom is -0.466 e. The number of hydrogen-bond donors (Lipinski definition) is 3. The third-order valence-electron chi connectivity index (χ3n) is 4.10. The second-order valence-electron chi connectivity index (χ2n) is 6.12. The molecule has 3 N–H and O–H groups in total. The van der Waals surface area contributed by atoms with Gasteiger partial charge >= 0.3 is 0 Å². The van der Waals surface area contributed by atoms with Crippen molar-refractivity contribution in [3.8, 4) is 0 Å². The average Bonchev–Trinajstić information content (AvgIpc) is 3.16. The zero-order valence-corrected chi connectivity index (χ0v) is 13.5. The summed E-state index contributed by atoms with van der Waals surface area (Å²) < 4.78 is 18.6. The van der Waals surface area contributed by atoms with Gasteiger partial charge in [-0.25, -0.2) is 4.39 Å². The monoisotopic (exact) mass is 330 g/mol. The maximum Gasteiger partial charge on any atom is 0.224 e. The van der Waals surface area contributed by atoms with Crippen molar-refractivity contribution in [1.82, 2.24) is 10.3 Å². The summed E-state index contributed by atoms with van der Waals surface area (Å²) in [5.41, 5.74) is 1.07. The van der Waals surface area contributed by atoms with Gasteiger partial charge in [0.25, 0.3) is 0 Å². The van der Waals surface area contributed by atoms with Crippen LogP contribution in [0.2, 0.25) is 0 Å². The van der Waals surface area contributed by atoms with Crippen LogP contribution in [0.3, 0.4) is 0 Å². The molecule has 0 fully saturated rings. The van der Waals surface area contributed by atoms with Crippen LogP contribution in [0, 0.1) is 12.7 Å². The van der Waals surface area contributed by atoms with E-state index in [2.05, 4.69) is 10.3 Å². The number of halogens is 1. The van der Waals surface area contributed by atoms with Crippen LogP contribution in [0.15, 0.2) is 41.0 Å². The Kier molecular flexibility index (Phi) is 4.15. The first-order valence-corrected chi connectivity index (χ1v) is 7.66. The molecule has 3 rings (SSSR count). The summed E-state index contributed by atoms with van der Waals surface area (Å²) in [4.78, 5) is 15.4. The standard InChI is InChI=1S/C18H19FN2O3/c1-11-13(14-8-12(19)5-6-15(14)21-11)9-17(22)20-10-18(2,23)16-4-3-7-24-16/h3-8,21,23H,9-10H2,1-2H3,(H,20,22). The molecule has 5 nitrogen and oxygen atoms in total. The normalized spacial score (nSPS) is 13.8. The molecular formula is C18H19FN2O3. The van der Waals surface area contributed by atoms with Gasteiger partial charge in [-0.2, -0.15) is 0 Å². The molecule has 1 unspecified atom stereocenters. The third kappa shape index (κ3) is 3.19. The number of carbonyl (C=O) groups is 1. The number of aromatic nitrogens is 1. The second-order valence-corrected chi connectivity index (χ2v) is 6.12. The van der Waals surface area contributed by atoms with Gasteiger partial charge in [0, 0.05) is 16.6 Å². The maximum atomic E-state index is 13.5. The van der Waals surface area contributed by atoms with Gasteiger partial charge in [-0.1, -0.05) is 0 Å². The van der Waals surface area contributed by atoms with Gasteiger partial charge in [0.05, 0.1) is 19.2 Å². The Labute approximate surface area is 138 Å². The van der Waals surface area contributed by atoms with E-state index in [1.54, 1.807) is 25.1 Å². The van der Waals surface area contributed by atoms with Gasteiger partial charge in [0.2, 0.25) is 5.91 Å². The Morgan fingerprint density at radius 3 is 2.92 bits per heavy atom. The summed E-state index contributed by atoms with van der Waals surface area (Å²) in [6.45, 7) is 3.44. The fraction of sp³-hybridized carbons (Fsp3) is 0.278. The first-order valence-electron chi connectivity index (χ1n) is 7.66. The number of benzene rings is 1. The van der Waals surface area contributed by atoms with Gasteiger partial charge in [-0.15, -0.1) is 0 Å². The lowest BCUT2D eigenvalue weighted by molar-refractivity contribution is -0.121. The van der Waals surface area contributed by atoms with Crippen LogP contribution in [-0.4, -0.2) is 22.5 Å². The molecule has 0 saturated carbocycles. The molecule has 0 bridgehead atoms. The molecule has 0 aliphatic heterocycles. The fourth-order valence-corrected chi connectivity index (χ4v) is 2.75. The van der Waals surface area contributed by atoms with Crippen LogP contribution < -0.4 is 5.32 Å². The molecule has 0 aliphatic carbocycles. The highest BCUT2D eigenvalue weighted by molar-refractivity contribution is 5.90. The highest BCUT2D eigenvalue weighted by Gasteiger charge is 2.27. The summed E-state index contributed by atoms with van der Waals surface area (Å²) in [7, 11) is 0. The van der Waals surface area contributed by atoms with Crippen LogP contribution in [0.4, 0.5) is 4.39 Å². The largest absolute Gasteiger partial charge is 0.466 e. The van der Waals surface area contributed by atoms with Crippen molar-refractivity contribution < 1.29 is 18.7 Å². The fourth-order valence-electron chi connectivity index (χ4n) is 2.75. The zero-order valence-electron chi connectivity index (χ0n) is 13.5. The zero-order chi connectivity index (χ0) is 17.3. The van der Waals surface area contributed by atoms with E-state index in [-0.39, 0.29) is 24.7 Å². The molecule has 1 aromatic carbocycles. The van der Waals surface area contributed by atoms with E-state index in [0.29, 0.717) is 11.1 Å². The molecule has 2 heterocycles. The quantitative estimate of drug-likeness (QED) is 0.673. The number of aliphatic hydroxyl groups is 1. The molecule has 2 aromatic heterocycles. The average molecular weight is 330 g/mol. The number of nitrogens with one attached hydrogen (secondary N) is 2. The number of rotatable bonds is 5. The number of H-pyrrole nitrogens is 1. The Bertz CT molecular complexity index is 866. The Hall–Kier alpha value is -2.60. The molecule has 0 radical (unpaired) electrons. The van der Waals surface area contributed by atoms with Crippen LogP contribution in [0.1, 0.15) is 23.9 Å². The molecule has 1 atom stereocenters. The van der Waals surface area contributed by atoms with E-state index >= 15 is 0 Å². The van der Waals surface area contributed by atoms with Crippen molar-refractivity contribution in [3.63, 3.8) is 0 Å². The number of aryl methyl sites for hydroxylation is 1. The lowest BCUT2D eigenvalue weighted by Crippen LogP contribution is -2.39. The number of fused-ring (bicyclic) bond motifs is 1. The highest BCUT2D eigenvalue weighted by atomic mass is 19.1. The van der Waals surface area contributed by atoms with Crippen molar-refractivity contribution in [3.05, 3.63) is 59.4 Å². The first kappa shape index (κ1) is 16.3. The van der Waals surface area contributed by atoms with Gasteiger partial charge in [0.15, 0.2) is 0 Å². The number of hydrogen-bond acceptors (Lipinski definition) is 3. The molecular weight excluding hydrogens is 311 g/mol. The van der Waals surface area contributed by atoms with Crippen molar-refractivity contribution >= 4 is 16.8 Å².